The summed E-state index contributed by atoms with van der Waals surface area (Å²) >= 11 is 1.59. The molecule has 1 rings (SSSR count). The van der Waals surface area contributed by atoms with Crippen LogP contribution >= 0.6 is 11.8 Å². The first kappa shape index (κ1) is 16.0. The number of aliphatic hydroxyl groups excluding tert-OH is 1. The second-order valence-electron chi connectivity index (χ2n) is 4.19. The Balaban J connectivity index is 2.13. The zero-order valence-electron chi connectivity index (χ0n) is 11.2. The lowest BCUT2D eigenvalue weighted by molar-refractivity contribution is -0.120. The molecule has 1 aromatic rings. The predicted molar refractivity (Wildman–Crippen MR) is 78.4 cm³/mol. The van der Waals surface area contributed by atoms with Crippen molar-refractivity contribution in [2.45, 2.75) is 12.5 Å². The molecule has 0 radical (unpaired) electrons. The minimum Gasteiger partial charge on any atom is -0.394 e. The van der Waals surface area contributed by atoms with Gasteiger partial charge in [-0.15, -0.1) is 0 Å². The van der Waals surface area contributed by atoms with E-state index in [1.807, 2.05) is 18.2 Å². The Kier molecular flexibility index (Phi) is 8.29. The molecule has 1 unspecified atom stereocenters. The van der Waals surface area contributed by atoms with Crippen molar-refractivity contribution in [2.24, 2.45) is 0 Å². The maximum absolute atomic E-state index is 11.6. The number of thioether (sulfide) groups is 1. The maximum atomic E-state index is 11.6. The van der Waals surface area contributed by atoms with E-state index < -0.39 is 0 Å². The molecule has 0 saturated heterocycles. The van der Waals surface area contributed by atoms with Gasteiger partial charge in [-0.25, -0.2) is 0 Å². The average Bonchev–Trinajstić information content (AvgIpc) is 2.44. The molecule has 0 aliphatic carbocycles. The van der Waals surface area contributed by atoms with Gasteiger partial charge in [-0.1, -0.05) is 30.3 Å². The number of rotatable bonds is 9. The normalized spacial score (nSPS) is 12.1. The zero-order valence-corrected chi connectivity index (χ0v) is 12.0. The third kappa shape index (κ3) is 7.20. The molecule has 0 saturated carbocycles. The van der Waals surface area contributed by atoms with Crippen molar-refractivity contribution in [3.8, 4) is 0 Å². The van der Waals surface area contributed by atoms with Gasteiger partial charge in [0.2, 0.25) is 5.91 Å². The number of nitrogens with one attached hydrogen (secondary N) is 1. The molecule has 0 heterocycles. The van der Waals surface area contributed by atoms with Crippen LogP contribution in [0.1, 0.15) is 5.56 Å². The number of hydrogen-bond acceptors (Lipinski definition) is 4. The third-order valence-corrected chi connectivity index (χ3v) is 3.52. The Bertz CT molecular complexity index is 359. The van der Waals surface area contributed by atoms with Crippen LogP contribution in [0.15, 0.2) is 30.3 Å². The summed E-state index contributed by atoms with van der Waals surface area (Å²) in [6.45, 7) is 0.227. The molecular formula is C14H21NO3S. The number of carbonyl (C=O) groups is 1. The predicted octanol–water partition coefficient (Wildman–Crippen LogP) is 1.09. The van der Waals surface area contributed by atoms with E-state index in [1.54, 1.807) is 18.9 Å². The number of amides is 1. The summed E-state index contributed by atoms with van der Waals surface area (Å²) < 4.78 is 4.90. The molecule has 0 aromatic heterocycles. The SMILES string of the molecule is COCC(CO)NC(=O)CSCCc1ccccc1. The topological polar surface area (TPSA) is 58.6 Å². The molecule has 5 heteroatoms. The standard InChI is InChI=1S/C14H21NO3S/c1-18-10-13(9-16)15-14(17)11-19-8-7-12-5-3-2-4-6-12/h2-6,13,16H,7-11H2,1H3,(H,15,17). The molecule has 19 heavy (non-hydrogen) atoms. The Morgan fingerprint density at radius 2 is 2.16 bits per heavy atom. The van der Waals surface area contributed by atoms with Crippen LogP contribution in [-0.2, 0) is 16.0 Å². The summed E-state index contributed by atoms with van der Waals surface area (Å²) in [5.41, 5.74) is 1.28. The highest BCUT2D eigenvalue weighted by Crippen LogP contribution is 2.06. The fourth-order valence-corrected chi connectivity index (χ4v) is 2.40. The van der Waals surface area contributed by atoms with Gasteiger partial charge in [0.1, 0.15) is 0 Å². The van der Waals surface area contributed by atoms with Crippen LogP contribution < -0.4 is 5.32 Å². The van der Waals surface area contributed by atoms with Crippen LogP contribution in [0.3, 0.4) is 0 Å². The quantitative estimate of drug-likeness (QED) is 0.666. The van der Waals surface area contributed by atoms with Gasteiger partial charge in [0.25, 0.3) is 0 Å². The first-order valence-corrected chi connectivity index (χ1v) is 7.42. The Labute approximate surface area is 118 Å². The van der Waals surface area contributed by atoms with E-state index in [1.165, 1.54) is 5.56 Å². The molecule has 106 valence electrons. The van der Waals surface area contributed by atoms with Crippen molar-refractivity contribution < 1.29 is 14.6 Å². The second kappa shape index (κ2) is 9.83. The van der Waals surface area contributed by atoms with Crippen LogP contribution in [0, 0.1) is 0 Å². The van der Waals surface area contributed by atoms with Crippen LogP contribution in [0.25, 0.3) is 0 Å². The van der Waals surface area contributed by atoms with Gasteiger partial charge in [0.05, 0.1) is 25.0 Å². The van der Waals surface area contributed by atoms with Crippen molar-refractivity contribution >= 4 is 17.7 Å². The van der Waals surface area contributed by atoms with Gasteiger partial charge in [-0.05, 0) is 17.7 Å². The van der Waals surface area contributed by atoms with Crippen LogP contribution in [0.4, 0.5) is 0 Å². The van der Waals surface area contributed by atoms with Gasteiger partial charge in [0.15, 0.2) is 0 Å². The van der Waals surface area contributed by atoms with Gasteiger partial charge in [-0.3, -0.25) is 4.79 Å². The third-order valence-electron chi connectivity index (χ3n) is 2.56. The molecule has 0 spiro atoms. The number of methoxy groups -OCH3 is 1. The summed E-state index contributed by atoms with van der Waals surface area (Å²) in [7, 11) is 1.55. The van der Waals surface area contributed by atoms with Crippen LogP contribution in [-0.4, -0.2) is 48.9 Å². The van der Waals surface area contributed by atoms with Gasteiger partial charge in [0, 0.05) is 7.11 Å². The van der Waals surface area contributed by atoms with Gasteiger partial charge < -0.3 is 15.2 Å². The van der Waals surface area contributed by atoms with Crippen molar-refractivity contribution in [1.82, 2.24) is 5.32 Å². The molecule has 1 amide bonds. The molecule has 4 nitrogen and oxygen atoms in total. The Morgan fingerprint density at radius 3 is 2.79 bits per heavy atom. The number of aliphatic hydroxyl groups is 1. The smallest absolute Gasteiger partial charge is 0.230 e. The van der Waals surface area contributed by atoms with Crippen molar-refractivity contribution in [3.05, 3.63) is 35.9 Å². The lowest BCUT2D eigenvalue weighted by atomic mass is 10.2. The largest absolute Gasteiger partial charge is 0.394 e. The molecule has 1 aromatic carbocycles. The van der Waals surface area contributed by atoms with Gasteiger partial charge in [-0.2, -0.15) is 11.8 Å². The van der Waals surface area contributed by atoms with E-state index in [0.29, 0.717) is 12.4 Å². The van der Waals surface area contributed by atoms with Crippen molar-refractivity contribution in [3.63, 3.8) is 0 Å². The van der Waals surface area contributed by atoms with Crippen molar-refractivity contribution in [1.29, 1.82) is 0 Å². The Hall–Kier alpha value is -1.04. The Morgan fingerprint density at radius 1 is 1.42 bits per heavy atom. The summed E-state index contributed by atoms with van der Waals surface area (Å²) in [6, 6.07) is 9.89. The first-order chi connectivity index (χ1) is 9.26. The number of carbonyl (C=O) groups excluding carboxylic acids is 1. The molecule has 1 atom stereocenters. The fourth-order valence-electron chi connectivity index (χ4n) is 1.61. The monoisotopic (exact) mass is 283 g/mol. The summed E-state index contributed by atoms with van der Waals surface area (Å²) in [5, 5.41) is 11.8. The molecular weight excluding hydrogens is 262 g/mol. The second-order valence-corrected chi connectivity index (χ2v) is 5.30. The maximum Gasteiger partial charge on any atom is 0.230 e. The van der Waals surface area contributed by atoms with E-state index in [2.05, 4.69) is 17.4 Å². The van der Waals surface area contributed by atoms with Crippen LogP contribution in [0.5, 0.6) is 0 Å². The van der Waals surface area contributed by atoms with Crippen LogP contribution in [0.2, 0.25) is 0 Å². The van der Waals surface area contributed by atoms with E-state index in [4.69, 9.17) is 9.84 Å². The van der Waals surface area contributed by atoms with Crippen molar-refractivity contribution in [2.75, 3.05) is 31.8 Å². The lowest BCUT2D eigenvalue weighted by Crippen LogP contribution is -2.41. The summed E-state index contributed by atoms with van der Waals surface area (Å²) in [5.74, 6) is 1.26. The molecule has 0 aliphatic heterocycles. The number of benzene rings is 1. The molecule has 0 fully saturated rings. The molecule has 0 bridgehead atoms. The number of aryl methyl sites for hydroxylation is 1. The average molecular weight is 283 g/mol. The highest BCUT2D eigenvalue weighted by Gasteiger charge is 2.10. The number of ether oxygens (including phenoxy) is 1. The first-order valence-electron chi connectivity index (χ1n) is 6.27. The fraction of sp³-hybridized carbons (Fsp3) is 0.500. The molecule has 2 N–H and O–H groups in total. The lowest BCUT2D eigenvalue weighted by Gasteiger charge is -2.14. The van der Waals surface area contributed by atoms with Gasteiger partial charge >= 0.3 is 0 Å². The van der Waals surface area contributed by atoms with E-state index in [0.717, 1.165) is 12.2 Å². The van der Waals surface area contributed by atoms with E-state index in [-0.39, 0.29) is 18.6 Å². The van der Waals surface area contributed by atoms with E-state index >= 15 is 0 Å². The molecule has 0 aliphatic rings. The number of hydrogen-bond donors (Lipinski definition) is 2. The summed E-state index contributed by atoms with van der Waals surface area (Å²) in [4.78, 5) is 11.6. The minimum absolute atomic E-state index is 0.0610. The van der Waals surface area contributed by atoms with E-state index in [9.17, 15) is 4.79 Å². The summed E-state index contributed by atoms with van der Waals surface area (Å²) in [6.07, 6.45) is 0.959. The zero-order chi connectivity index (χ0) is 13.9. The minimum atomic E-state index is -0.313. The highest BCUT2D eigenvalue weighted by atomic mass is 32.2. The highest BCUT2D eigenvalue weighted by molar-refractivity contribution is 7.99.